The van der Waals surface area contributed by atoms with Crippen LogP contribution in [0.3, 0.4) is 0 Å². The second-order valence-corrected chi connectivity index (χ2v) is 8.96. The fourth-order valence-corrected chi connectivity index (χ4v) is 5.82. The minimum absolute atomic E-state index is 0.0544. The van der Waals surface area contributed by atoms with Gasteiger partial charge >= 0.3 is 0 Å². The summed E-state index contributed by atoms with van der Waals surface area (Å²) >= 11 is 13.2. The molecule has 2 aromatic rings. The summed E-state index contributed by atoms with van der Waals surface area (Å²) in [5.41, 5.74) is 0.708. The van der Waals surface area contributed by atoms with Gasteiger partial charge in [-0.3, -0.25) is 4.79 Å². The van der Waals surface area contributed by atoms with E-state index < -0.39 is 0 Å². The first-order valence-electron chi connectivity index (χ1n) is 4.24. The van der Waals surface area contributed by atoms with E-state index >= 15 is 0 Å². The van der Waals surface area contributed by atoms with E-state index in [1.807, 2.05) is 19.1 Å². The summed E-state index contributed by atoms with van der Waals surface area (Å²) in [6.45, 7) is 1.99. The summed E-state index contributed by atoms with van der Waals surface area (Å²) in [7, 11) is 0. The standard InChI is InChI=1S/C10H5Br3OS2/c1-4-2-6(11)9(15-4)8(14)5-3-7(12)16-10(5)13/h2-3H,1H3. The third-order valence-corrected chi connectivity index (χ3v) is 6.19. The molecule has 6 heteroatoms. The SMILES string of the molecule is Cc1cc(Br)c(C(=O)c2cc(Br)sc2Br)s1. The first-order valence-corrected chi connectivity index (χ1v) is 8.25. The summed E-state index contributed by atoms with van der Waals surface area (Å²) in [6, 6.07) is 3.81. The molecule has 1 nitrogen and oxygen atoms in total. The maximum Gasteiger partial charge on any atom is 0.206 e. The second kappa shape index (κ2) is 5.02. The molecule has 0 fully saturated rings. The zero-order valence-corrected chi connectivity index (χ0v) is 14.4. The molecule has 84 valence electrons. The lowest BCUT2D eigenvalue weighted by Gasteiger charge is -1.96. The Balaban J connectivity index is 2.46. The number of carbonyl (C=O) groups is 1. The molecule has 0 saturated heterocycles. The molecule has 2 rings (SSSR count). The Morgan fingerprint density at radius 3 is 2.31 bits per heavy atom. The fourth-order valence-electron chi connectivity index (χ4n) is 1.26. The highest BCUT2D eigenvalue weighted by Gasteiger charge is 2.19. The highest BCUT2D eigenvalue weighted by Crippen LogP contribution is 2.36. The van der Waals surface area contributed by atoms with Crippen molar-refractivity contribution < 1.29 is 4.79 Å². The Bertz CT molecular complexity index is 508. The molecule has 0 aliphatic rings. The van der Waals surface area contributed by atoms with Gasteiger partial charge in [-0.2, -0.15) is 0 Å². The van der Waals surface area contributed by atoms with Crippen molar-refractivity contribution in [1.29, 1.82) is 0 Å². The van der Waals surface area contributed by atoms with Crippen LogP contribution in [0.5, 0.6) is 0 Å². The molecule has 0 saturated carbocycles. The molecule has 0 amide bonds. The lowest BCUT2D eigenvalue weighted by atomic mass is 10.2. The van der Waals surface area contributed by atoms with Gasteiger partial charge in [0, 0.05) is 14.9 Å². The summed E-state index contributed by atoms with van der Waals surface area (Å²) in [6.07, 6.45) is 0. The Hall–Kier alpha value is 0.510. The van der Waals surface area contributed by atoms with Gasteiger partial charge in [0.25, 0.3) is 0 Å². The molecule has 0 aromatic carbocycles. The van der Waals surface area contributed by atoms with Gasteiger partial charge in [-0.1, -0.05) is 0 Å². The minimum Gasteiger partial charge on any atom is -0.288 e. The second-order valence-electron chi connectivity index (χ2n) is 3.10. The van der Waals surface area contributed by atoms with Gasteiger partial charge in [-0.25, -0.2) is 0 Å². The van der Waals surface area contributed by atoms with E-state index in [1.165, 1.54) is 22.7 Å². The number of carbonyl (C=O) groups excluding carboxylic acids is 1. The first kappa shape index (κ1) is 13.0. The highest BCUT2D eigenvalue weighted by molar-refractivity contribution is 9.12. The van der Waals surface area contributed by atoms with Crippen molar-refractivity contribution in [1.82, 2.24) is 0 Å². The smallest absolute Gasteiger partial charge is 0.206 e. The summed E-state index contributed by atoms with van der Waals surface area (Å²) < 4.78 is 2.68. The number of aryl methyl sites for hydroxylation is 1. The van der Waals surface area contributed by atoms with E-state index in [9.17, 15) is 4.79 Å². The molecular weight excluding hydrogens is 440 g/mol. The van der Waals surface area contributed by atoms with Crippen LogP contribution in [0, 0.1) is 6.92 Å². The maximum absolute atomic E-state index is 12.3. The topological polar surface area (TPSA) is 17.1 Å². The molecule has 0 spiro atoms. The predicted molar refractivity (Wildman–Crippen MR) is 79.9 cm³/mol. The van der Waals surface area contributed by atoms with Gasteiger partial charge in [-0.15, -0.1) is 22.7 Å². The summed E-state index contributed by atoms with van der Waals surface area (Å²) in [5.74, 6) is 0.0544. The molecule has 0 unspecified atom stereocenters. The lowest BCUT2D eigenvalue weighted by molar-refractivity contribution is 0.104. The molecular formula is C10H5Br3OS2. The maximum atomic E-state index is 12.3. The van der Waals surface area contributed by atoms with E-state index in [2.05, 4.69) is 47.8 Å². The number of halogens is 3. The summed E-state index contributed by atoms with van der Waals surface area (Å²) in [4.78, 5) is 14.1. The van der Waals surface area contributed by atoms with Gasteiger partial charge < -0.3 is 0 Å². The Labute approximate surface area is 126 Å². The average molecular weight is 445 g/mol. The number of hydrogen-bond donors (Lipinski definition) is 0. The van der Waals surface area contributed by atoms with Crippen molar-refractivity contribution >= 4 is 76.2 Å². The number of ketones is 1. The van der Waals surface area contributed by atoms with Gasteiger partial charge in [0.2, 0.25) is 5.78 Å². The number of thiophene rings is 2. The van der Waals surface area contributed by atoms with Crippen molar-refractivity contribution in [3.05, 3.63) is 39.5 Å². The van der Waals surface area contributed by atoms with Crippen LogP contribution in [0.1, 0.15) is 20.1 Å². The minimum atomic E-state index is 0.0544. The monoisotopic (exact) mass is 442 g/mol. The van der Waals surface area contributed by atoms with Crippen LogP contribution < -0.4 is 0 Å². The van der Waals surface area contributed by atoms with Crippen LogP contribution in [0.2, 0.25) is 0 Å². The zero-order valence-electron chi connectivity index (χ0n) is 8.01. The van der Waals surface area contributed by atoms with Crippen LogP contribution in [0.15, 0.2) is 24.2 Å². The van der Waals surface area contributed by atoms with E-state index in [0.717, 1.165) is 21.8 Å². The Morgan fingerprint density at radius 1 is 1.19 bits per heavy atom. The quantitative estimate of drug-likeness (QED) is 0.548. The van der Waals surface area contributed by atoms with Crippen molar-refractivity contribution in [2.45, 2.75) is 6.92 Å². The largest absolute Gasteiger partial charge is 0.288 e. The molecule has 0 bridgehead atoms. The normalized spacial score (nSPS) is 10.8. The molecule has 0 aliphatic carbocycles. The molecule has 2 heterocycles. The van der Waals surface area contributed by atoms with Crippen molar-refractivity contribution in [2.24, 2.45) is 0 Å². The van der Waals surface area contributed by atoms with Crippen molar-refractivity contribution in [2.75, 3.05) is 0 Å². The highest BCUT2D eigenvalue weighted by atomic mass is 79.9. The Kier molecular flexibility index (Phi) is 4.06. The third kappa shape index (κ3) is 2.51. The van der Waals surface area contributed by atoms with Gasteiger partial charge in [0.15, 0.2) is 0 Å². The molecule has 2 aromatic heterocycles. The van der Waals surface area contributed by atoms with Gasteiger partial charge in [0.1, 0.15) is 0 Å². The molecule has 16 heavy (non-hydrogen) atoms. The lowest BCUT2D eigenvalue weighted by Crippen LogP contribution is -1.97. The van der Waals surface area contributed by atoms with Crippen LogP contribution in [0.25, 0.3) is 0 Å². The van der Waals surface area contributed by atoms with E-state index in [0.29, 0.717) is 5.56 Å². The molecule has 0 radical (unpaired) electrons. The van der Waals surface area contributed by atoms with Crippen LogP contribution in [-0.2, 0) is 0 Å². The molecule has 0 atom stereocenters. The van der Waals surface area contributed by atoms with Gasteiger partial charge in [-0.05, 0) is 66.8 Å². The molecule has 0 aliphatic heterocycles. The van der Waals surface area contributed by atoms with E-state index in [-0.39, 0.29) is 5.78 Å². The first-order chi connectivity index (χ1) is 7.49. The van der Waals surface area contributed by atoms with Crippen LogP contribution in [0.4, 0.5) is 0 Å². The third-order valence-electron chi connectivity index (χ3n) is 1.92. The molecule has 0 N–H and O–H groups in total. The fraction of sp³-hybridized carbons (Fsp3) is 0.100. The Morgan fingerprint density at radius 2 is 1.88 bits per heavy atom. The van der Waals surface area contributed by atoms with Crippen molar-refractivity contribution in [3.63, 3.8) is 0 Å². The number of rotatable bonds is 2. The zero-order chi connectivity index (χ0) is 11.9. The van der Waals surface area contributed by atoms with E-state index in [4.69, 9.17) is 0 Å². The summed E-state index contributed by atoms with van der Waals surface area (Å²) in [5, 5.41) is 0. The van der Waals surface area contributed by atoms with Crippen LogP contribution >= 0.6 is 70.5 Å². The average Bonchev–Trinajstić information content (AvgIpc) is 2.68. The van der Waals surface area contributed by atoms with Crippen LogP contribution in [-0.4, -0.2) is 5.78 Å². The van der Waals surface area contributed by atoms with Gasteiger partial charge in [0.05, 0.1) is 12.4 Å². The number of hydrogen-bond acceptors (Lipinski definition) is 3. The predicted octanol–water partition coefficient (Wildman–Crippen LogP) is 5.64. The van der Waals surface area contributed by atoms with Crippen molar-refractivity contribution in [3.8, 4) is 0 Å². The van der Waals surface area contributed by atoms with E-state index in [1.54, 1.807) is 0 Å².